The molecule has 0 radical (unpaired) electrons. The molecule has 8 nitrogen and oxygen atoms in total. The second-order valence-electron chi connectivity index (χ2n) is 7.26. The van der Waals surface area contributed by atoms with Gasteiger partial charge in [0, 0.05) is 36.7 Å². The standard InChI is InChI=1S/C19H26N4O4/c1-12(2)23-16-8-4-3-7-15(16)17(21-23)18(25)20-13-10-14(6-5-9-24)22(11-13)19(26)27/h3-4,7-8,12-14,24H,5-6,9-11H2,1-2H3,(H,20,25)(H,26,27)/t13-,14+/m0/s1. The van der Waals surface area contributed by atoms with Gasteiger partial charge < -0.3 is 20.4 Å². The van der Waals surface area contributed by atoms with Crippen molar-refractivity contribution in [1.82, 2.24) is 20.0 Å². The number of hydrogen-bond donors (Lipinski definition) is 3. The van der Waals surface area contributed by atoms with Crippen molar-refractivity contribution in [2.24, 2.45) is 0 Å². The number of para-hydroxylation sites is 1. The third-order valence-electron chi connectivity index (χ3n) is 5.01. The summed E-state index contributed by atoms with van der Waals surface area (Å²) in [6.07, 6.45) is 0.670. The molecule has 3 N–H and O–H groups in total. The highest BCUT2D eigenvalue weighted by atomic mass is 16.4. The number of aliphatic hydroxyl groups is 1. The number of hydrogen-bond acceptors (Lipinski definition) is 4. The van der Waals surface area contributed by atoms with Gasteiger partial charge in [-0.3, -0.25) is 9.48 Å². The van der Waals surface area contributed by atoms with Gasteiger partial charge in [-0.05, 0) is 39.2 Å². The number of amides is 2. The van der Waals surface area contributed by atoms with E-state index in [0.29, 0.717) is 25.0 Å². The van der Waals surface area contributed by atoms with E-state index in [1.807, 2.05) is 42.8 Å². The molecular formula is C19H26N4O4. The molecular weight excluding hydrogens is 348 g/mol. The number of carboxylic acid groups (broad SMARTS) is 1. The second kappa shape index (κ2) is 7.96. The number of nitrogens with one attached hydrogen (secondary N) is 1. The minimum atomic E-state index is -0.996. The van der Waals surface area contributed by atoms with Crippen molar-refractivity contribution in [3.63, 3.8) is 0 Å². The van der Waals surface area contributed by atoms with Crippen LogP contribution in [0, 0.1) is 0 Å². The topological polar surface area (TPSA) is 108 Å². The summed E-state index contributed by atoms with van der Waals surface area (Å²) in [6, 6.07) is 7.26. The summed E-state index contributed by atoms with van der Waals surface area (Å²) in [6.45, 7) is 4.29. The van der Waals surface area contributed by atoms with E-state index < -0.39 is 6.09 Å². The van der Waals surface area contributed by atoms with E-state index in [4.69, 9.17) is 5.11 Å². The lowest BCUT2D eigenvalue weighted by Crippen LogP contribution is -2.39. The lowest BCUT2D eigenvalue weighted by atomic mass is 10.1. The van der Waals surface area contributed by atoms with Crippen LogP contribution in [0.25, 0.3) is 10.9 Å². The molecule has 146 valence electrons. The normalized spacial score (nSPS) is 19.8. The lowest BCUT2D eigenvalue weighted by molar-refractivity contribution is 0.0931. The molecule has 1 saturated heterocycles. The fraction of sp³-hybridized carbons (Fsp3) is 0.526. The molecule has 2 aromatic rings. The maximum atomic E-state index is 12.9. The molecule has 0 bridgehead atoms. The number of likely N-dealkylation sites (tertiary alicyclic amines) is 1. The Labute approximate surface area is 157 Å². The lowest BCUT2D eigenvalue weighted by Gasteiger charge is -2.20. The number of rotatable bonds is 6. The van der Waals surface area contributed by atoms with Crippen LogP contribution < -0.4 is 5.32 Å². The highest BCUT2D eigenvalue weighted by Gasteiger charge is 2.36. The smallest absolute Gasteiger partial charge is 0.407 e. The molecule has 3 rings (SSSR count). The summed E-state index contributed by atoms with van der Waals surface area (Å²) in [4.78, 5) is 25.7. The average Bonchev–Trinajstić information content (AvgIpc) is 3.21. The Morgan fingerprint density at radius 1 is 1.33 bits per heavy atom. The third-order valence-corrected chi connectivity index (χ3v) is 5.01. The van der Waals surface area contributed by atoms with Gasteiger partial charge in [-0.2, -0.15) is 5.10 Å². The first-order valence-electron chi connectivity index (χ1n) is 9.31. The van der Waals surface area contributed by atoms with E-state index in [9.17, 15) is 14.7 Å². The van der Waals surface area contributed by atoms with Crippen molar-refractivity contribution < 1.29 is 19.8 Å². The fourth-order valence-corrected chi connectivity index (χ4v) is 3.76. The maximum Gasteiger partial charge on any atom is 0.407 e. The van der Waals surface area contributed by atoms with Crippen molar-refractivity contribution in [2.75, 3.05) is 13.2 Å². The summed E-state index contributed by atoms with van der Waals surface area (Å²) < 4.78 is 1.83. The third kappa shape index (κ3) is 3.90. The van der Waals surface area contributed by atoms with Gasteiger partial charge >= 0.3 is 6.09 Å². The molecule has 1 aromatic carbocycles. The van der Waals surface area contributed by atoms with Gasteiger partial charge in [0.25, 0.3) is 5.91 Å². The Morgan fingerprint density at radius 2 is 2.07 bits per heavy atom. The van der Waals surface area contributed by atoms with Crippen molar-refractivity contribution in [1.29, 1.82) is 0 Å². The van der Waals surface area contributed by atoms with Gasteiger partial charge in [-0.1, -0.05) is 18.2 Å². The van der Waals surface area contributed by atoms with Crippen LogP contribution in [-0.2, 0) is 0 Å². The molecule has 2 amide bonds. The molecule has 2 atom stereocenters. The SMILES string of the molecule is CC(C)n1nc(C(=O)N[C@H]2C[C@@H](CCCO)N(C(=O)O)C2)c2ccccc21. The average molecular weight is 374 g/mol. The van der Waals surface area contributed by atoms with Gasteiger partial charge in [-0.15, -0.1) is 0 Å². The van der Waals surface area contributed by atoms with Crippen LogP contribution in [-0.4, -0.2) is 62.1 Å². The van der Waals surface area contributed by atoms with E-state index in [1.54, 1.807) is 0 Å². The van der Waals surface area contributed by atoms with E-state index in [1.165, 1.54) is 4.90 Å². The maximum absolute atomic E-state index is 12.9. The molecule has 2 heterocycles. The molecule has 0 aliphatic carbocycles. The predicted molar refractivity (Wildman–Crippen MR) is 101 cm³/mol. The molecule has 0 spiro atoms. The van der Waals surface area contributed by atoms with Crippen LogP contribution in [0.4, 0.5) is 4.79 Å². The van der Waals surface area contributed by atoms with Gasteiger partial charge in [0.15, 0.2) is 5.69 Å². The van der Waals surface area contributed by atoms with Crippen LogP contribution in [0.1, 0.15) is 49.6 Å². The van der Waals surface area contributed by atoms with E-state index in [2.05, 4.69) is 10.4 Å². The highest BCUT2D eigenvalue weighted by molar-refractivity contribution is 6.05. The van der Waals surface area contributed by atoms with Gasteiger partial charge in [0.2, 0.25) is 0 Å². The second-order valence-corrected chi connectivity index (χ2v) is 7.26. The quantitative estimate of drug-likeness (QED) is 0.719. The summed E-state index contributed by atoms with van der Waals surface area (Å²) in [5.74, 6) is -0.288. The fourth-order valence-electron chi connectivity index (χ4n) is 3.76. The molecule has 0 saturated carbocycles. The van der Waals surface area contributed by atoms with E-state index in [-0.39, 0.29) is 37.2 Å². The first-order chi connectivity index (χ1) is 12.9. The summed E-state index contributed by atoms with van der Waals surface area (Å²) in [7, 11) is 0. The Morgan fingerprint density at radius 3 is 2.74 bits per heavy atom. The zero-order chi connectivity index (χ0) is 19.6. The molecule has 27 heavy (non-hydrogen) atoms. The number of fused-ring (bicyclic) bond motifs is 1. The monoisotopic (exact) mass is 374 g/mol. The van der Waals surface area contributed by atoms with Gasteiger partial charge in [0.05, 0.1) is 5.52 Å². The molecule has 1 fully saturated rings. The first-order valence-corrected chi connectivity index (χ1v) is 9.31. The van der Waals surface area contributed by atoms with Crippen LogP contribution in [0.15, 0.2) is 24.3 Å². The first kappa shape index (κ1) is 19.2. The van der Waals surface area contributed by atoms with Crippen molar-refractivity contribution in [3.05, 3.63) is 30.0 Å². The Kier molecular flexibility index (Phi) is 5.65. The van der Waals surface area contributed by atoms with Crippen molar-refractivity contribution in [3.8, 4) is 0 Å². The zero-order valence-corrected chi connectivity index (χ0v) is 15.6. The largest absolute Gasteiger partial charge is 0.465 e. The number of carbonyl (C=O) groups is 2. The zero-order valence-electron chi connectivity index (χ0n) is 15.6. The Balaban J connectivity index is 1.78. The number of aromatic nitrogens is 2. The van der Waals surface area contributed by atoms with Gasteiger partial charge in [0.1, 0.15) is 0 Å². The molecule has 0 unspecified atom stereocenters. The van der Waals surface area contributed by atoms with Crippen LogP contribution >= 0.6 is 0 Å². The summed E-state index contributed by atoms with van der Waals surface area (Å²) in [5, 5.41) is 26.6. The predicted octanol–water partition coefficient (Wildman–Crippen LogP) is 2.24. The number of carbonyl (C=O) groups excluding carboxylic acids is 1. The summed E-state index contributed by atoms with van der Waals surface area (Å²) >= 11 is 0. The number of aliphatic hydroxyl groups excluding tert-OH is 1. The molecule has 1 aromatic heterocycles. The Bertz CT molecular complexity index is 832. The van der Waals surface area contributed by atoms with Crippen molar-refractivity contribution >= 4 is 22.9 Å². The van der Waals surface area contributed by atoms with Crippen LogP contribution in [0.3, 0.4) is 0 Å². The van der Waals surface area contributed by atoms with Crippen LogP contribution in [0.2, 0.25) is 0 Å². The van der Waals surface area contributed by atoms with E-state index in [0.717, 1.165) is 10.9 Å². The van der Waals surface area contributed by atoms with Crippen LogP contribution in [0.5, 0.6) is 0 Å². The molecule has 1 aliphatic heterocycles. The van der Waals surface area contributed by atoms with Crippen molar-refractivity contribution in [2.45, 2.75) is 51.2 Å². The minimum absolute atomic E-state index is 0.0274. The Hall–Kier alpha value is -2.61. The highest BCUT2D eigenvalue weighted by Crippen LogP contribution is 2.24. The summed E-state index contributed by atoms with van der Waals surface area (Å²) in [5.41, 5.74) is 1.26. The van der Waals surface area contributed by atoms with Gasteiger partial charge in [-0.25, -0.2) is 4.79 Å². The molecule has 1 aliphatic rings. The number of nitrogens with zero attached hydrogens (tertiary/aromatic N) is 3. The minimum Gasteiger partial charge on any atom is -0.465 e. The number of benzene rings is 1. The molecule has 8 heteroatoms. The van der Waals surface area contributed by atoms with E-state index >= 15 is 0 Å².